The summed E-state index contributed by atoms with van der Waals surface area (Å²) < 4.78 is 112. The molecule has 2 atom stereocenters. The van der Waals surface area contributed by atoms with Crippen LogP contribution in [0, 0.1) is 0 Å². The lowest BCUT2D eigenvalue weighted by Gasteiger charge is -2.35. The standard InChI is InChI=1S/C16H8Cl4F6O2S/c17-11-7-3-1-5-9(11)13(19,21)15(23,24)29(27,28)16(25,26)14(20,22)10-6-2-4-8-12(10)18/h1-8H. The first-order chi connectivity index (χ1) is 13.0. The van der Waals surface area contributed by atoms with Crippen molar-refractivity contribution in [2.75, 3.05) is 0 Å². The van der Waals surface area contributed by atoms with Gasteiger partial charge in [0.2, 0.25) is 0 Å². The molecule has 0 spiro atoms. The lowest BCUT2D eigenvalue weighted by atomic mass is 10.1. The van der Waals surface area contributed by atoms with Gasteiger partial charge in [-0.05, 0) is 12.1 Å². The molecule has 0 aliphatic rings. The van der Waals surface area contributed by atoms with Crippen LogP contribution >= 0.6 is 46.4 Å². The Bertz CT molecular complexity index is 952. The summed E-state index contributed by atoms with van der Waals surface area (Å²) in [5.41, 5.74) is -2.66. The van der Waals surface area contributed by atoms with Gasteiger partial charge in [-0.1, -0.05) is 82.8 Å². The van der Waals surface area contributed by atoms with Gasteiger partial charge in [0.25, 0.3) is 20.1 Å². The molecule has 29 heavy (non-hydrogen) atoms. The first-order valence-corrected chi connectivity index (χ1v) is 10.3. The second-order valence-electron chi connectivity index (χ2n) is 5.65. The monoisotopic (exact) mass is 518 g/mol. The molecule has 0 aliphatic carbocycles. The lowest BCUT2D eigenvalue weighted by Crippen LogP contribution is -2.56. The van der Waals surface area contributed by atoms with Crippen LogP contribution in [-0.4, -0.2) is 18.9 Å². The first-order valence-electron chi connectivity index (χ1n) is 7.29. The molecular formula is C16H8Cl4F6O2S. The average Bonchev–Trinajstić information content (AvgIpc) is 2.61. The molecule has 2 rings (SSSR count). The van der Waals surface area contributed by atoms with Gasteiger partial charge in [-0.3, -0.25) is 0 Å². The summed E-state index contributed by atoms with van der Waals surface area (Å²) in [4.78, 5) is 0. The summed E-state index contributed by atoms with van der Waals surface area (Å²) in [5, 5.41) is -23.3. The van der Waals surface area contributed by atoms with E-state index in [9.17, 15) is 34.8 Å². The Morgan fingerprint density at radius 3 is 1.17 bits per heavy atom. The van der Waals surface area contributed by atoms with Crippen molar-refractivity contribution in [2.45, 2.75) is 20.8 Å². The van der Waals surface area contributed by atoms with Gasteiger partial charge in [0, 0.05) is 21.2 Å². The fourth-order valence-corrected chi connectivity index (χ4v) is 5.03. The molecule has 0 aliphatic heterocycles. The SMILES string of the molecule is O=S(=O)(C(F)(F)C(F)(Cl)c1ccccc1Cl)C(F)(F)C(F)(Cl)c1ccccc1Cl. The van der Waals surface area contributed by atoms with E-state index in [1.807, 2.05) is 0 Å². The van der Waals surface area contributed by atoms with Crippen LogP contribution < -0.4 is 0 Å². The van der Waals surface area contributed by atoms with E-state index < -0.39 is 51.8 Å². The molecule has 0 heterocycles. The third-order valence-electron chi connectivity index (χ3n) is 3.83. The van der Waals surface area contributed by atoms with Gasteiger partial charge < -0.3 is 0 Å². The summed E-state index contributed by atoms with van der Waals surface area (Å²) >= 11 is 21.2. The molecule has 2 aromatic rings. The van der Waals surface area contributed by atoms with E-state index >= 15 is 0 Å². The predicted octanol–water partition coefficient (Wildman–Crippen LogP) is 7.02. The van der Waals surface area contributed by atoms with Crippen LogP contribution in [0.15, 0.2) is 48.5 Å². The highest BCUT2D eigenvalue weighted by molar-refractivity contribution is 7.93. The van der Waals surface area contributed by atoms with Crippen molar-refractivity contribution in [3.63, 3.8) is 0 Å². The number of rotatable bonds is 6. The van der Waals surface area contributed by atoms with E-state index in [0.29, 0.717) is 12.1 Å². The zero-order valence-corrected chi connectivity index (χ0v) is 17.5. The fourth-order valence-electron chi connectivity index (χ4n) is 2.24. The average molecular weight is 520 g/mol. The molecule has 2 unspecified atom stereocenters. The molecule has 0 fully saturated rings. The molecule has 0 aromatic heterocycles. The molecule has 0 saturated heterocycles. The Morgan fingerprint density at radius 2 is 0.897 bits per heavy atom. The van der Waals surface area contributed by atoms with E-state index in [1.54, 1.807) is 0 Å². The van der Waals surface area contributed by atoms with Crippen molar-refractivity contribution in [1.29, 1.82) is 0 Å². The molecule has 160 valence electrons. The molecule has 13 heteroatoms. The normalized spacial score (nSPS) is 17.4. The third-order valence-corrected chi connectivity index (χ3v) is 7.51. The van der Waals surface area contributed by atoms with Crippen LogP contribution in [0.2, 0.25) is 10.0 Å². The third kappa shape index (κ3) is 3.59. The van der Waals surface area contributed by atoms with Crippen molar-refractivity contribution in [1.82, 2.24) is 0 Å². The zero-order valence-electron chi connectivity index (χ0n) is 13.6. The Hall–Kier alpha value is -0.870. The van der Waals surface area contributed by atoms with Crippen molar-refractivity contribution in [3.05, 3.63) is 69.7 Å². The van der Waals surface area contributed by atoms with Crippen molar-refractivity contribution >= 4 is 56.2 Å². The van der Waals surface area contributed by atoms with Gasteiger partial charge in [-0.2, -0.15) is 17.6 Å². The van der Waals surface area contributed by atoms with Crippen LogP contribution in [0.25, 0.3) is 0 Å². The topological polar surface area (TPSA) is 34.1 Å². The van der Waals surface area contributed by atoms with E-state index in [-0.39, 0.29) is 0 Å². The maximum atomic E-state index is 14.8. The summed E-state index contributed by atoms with van der Waals surface area (Å²) in [5.74, 6) is 0. The summed E-state index contributed by atoms with van der Waals surface area (Å²) in [7, 11) is -7.38. The molecular weight excluding hydrogens is 512 g/mol. The van der Waals surface area contributed by atoms with Gasteiger partial charge in [0.05, 0.1) is 0 Å². The highest BCUT2D eigenvalue weighted by Gasteiger charge is 2.78. The molecule has 0 N–H and O–H groups in total. The van der Waals surface area contributed by atoms with Crippen LogP contribution in [0.3, 0.4) is 0 Å². The highest BCUT2D eigenvalue weighted by atomic mass is 35.5. The van der Waals surface area contributed by atoms with Crippen LogP contribution in [-0.2, 0) is 20.1 Å². The van der Waals surface area contributed by atoms with Crippen molar-refractivity contribution in [2.24, 2.45) is 0 Å². The number of benzene rings is 2. The second kappa shape index (κ2) is 7.67. The van der Waals surface area contributed by atoms with Crippen molar-refractivity contribution in [3.8, 4) is 0 Å². The number of hydrogen-bond acceptors (Lipinski definition) is 2. The van der Waals surface area contributed by atoms with Gasteiger partial charge >= 0.3 is 10.5 Å². The Morgan fingerprint density at radius 1 is 0.621 bits per heavy atom. The number of sulfone groups is 1. The fraction of sp³-hybridized carbons (Fsp3) is 0.250. The van der Waals surface area contributed by atoms with Gasteiger partial charge in [0.15, 0.2) is 0 Å². The molecule has 0 saturated carbocycles. The zero-order chi connectivity index (χ0) is 22.5. The minimum atomic E-state index is -7.38. The predicted molar refractivity (Wildman–Crippen MR) is 99.0 cm³/mol. The molecule has 2 aromatic carbocycles. The largest absolute Gasteiger partial charge is 0.402 e. The number of alkyl halides is 8. The van der Waals surface area contributed by atoms with E-state index in [4.69, 9.17) is 46.4 Å². The van der Waals surface area contributed by atoms with Gasteiger partial charge in [0.1, 0.15) is 0 Å². The number of hydrogen-bond donors (Lipinski definition) is 0. The highest BCUT2D eigenvalue weighted by Crippen LogP contribution is 2.58. The minimum absolute atomic E-state index is 0.550. The summed E-state index contributed by atoms with van der Waals surface area (Å²) in [6.07, 6.45) is 0. The molecule has 2 nitrogen and oxygen atoms in total. The van der Waals surface area contributed by atoms with Crippen LogP contribution in [0.4, 0.5) is 26.3 Å². The number of halogens is 10. The van der Waals surface area contributed by atoms with Crippen molar-refractivity contribution < 1.29 is 34.8 Å². The van der Waals surface area contributed by atoms with E-state index in [1.165, 1.54) is 0 Å². The Balaban J connectivity index is 2.68. The quantitative estimate of drug-likeness (QED) is 0.303. The second-order valence-corrected chi connectivity index (χ2v) is 9.53. The molecule has 0 amide bonds. The lowest BCUT2D eigenvalue weighted by molar-refractivity contribution is -0.0630. The summed E-state index contributed by atoms with van der Waals surface area (Å²) in [6.45, 7) is 0. The van der Waals surface area contributed by atoms with E-state index in [0.717, 1.165) is 36.4 Å². The van der Waals surface area contributed by atoms with Gasteiger partial charge in [-0.25, -0.2) is 17.2 Å². The van der Waals surface area contributed by atoms with Crippen LogP contribution in [0.1, 0.15) is 11.1 Å². The summed E-state index contributed by atoms with van der Waals surface area (Å²) in [6, 6.07) is 7.03. The first kappa shape index (κ1) is 24.4. The smallest absolute Gasteiger partial charge is 0.216 e. The minimum Gasteiger partial charge on any atom is -0.216 e. The maximum Gasteiger partial charge on any atom is 0.402 e. The van der Waals surface area contributed by atoms with E-state index in [2.05, 4.69) is 0 Å². The van der Waals surface area contributed by atoms with Crippen LogP contribution in [0.5, 0.6) is 0 Å². The molecule has 0 radical (unpaired) electrons. The Kier molecular flexibility index (Phi) is 6.46. The maximum absolute atomic E-state index is 14.8. The van der Waals surface area contributed by atoms with Gasteiger partial charge in [-0.15, -0.1) is 0 Å². The Labute approximate surface area is 181 Å². The molecule has 0 bridgehead atoms.